The summed E-state index contributed by atoms with van der Waals surface area (Å²) in [6.07, 6.45) is 2.21. The van der Waals surface area contributed by atoms with Crippen LogP contribution in [0.2, 0.25) is 10.0 Å². The number of amides is 2. The fourth-order valence-electron chi connectivity index (χ4n) is 5.92. The number of nitrogens with zero attached hydrogens (tertiary/aromatic N) is 2. The van der Waals surface area contributed by atoms with E-state index < -0.39 is 6.04 Å². The first kappa shape index (κ1) is 26.6. The number of rotatable bonds is 4. The molecule has 5 rings (SSSR count). The molecule has 3 aliphatic rings. The molecular weight excluding hydrogens is 523 g/mol. The molecule has 2 aromatic carbocycles. The van der Waals surface area contributed by atoms with Gasteiger partial charge in [-0.15, -0.1) is 0 Å². The number of primary amides is 1. The molecule has 1 unspecified atom stereocenters. The zero-order valence-electron chi connectivity index (χ0n) is 21.6. The van der Waals surface area contributed by atoms with Gasteiger partial charge in [-0.25, -0.2) is 0 Å². The van der Waals surface area contributed by atoms with Crippen LogP contribution in [0, 0.1) is 11.3 Å². The van der Waals surface area contributed by atoms with Crippen LogP contribution in [-0.2, 0) is 14.4 Å². The van der Waals surface area contributed by atoms with Gasteiger partial charge in [0.15, 0.2) is 5.78 Å². The van der Waals surface area contributed by atoms with Crippen LogP contribution in [0.4, 0.5) is 11.4 Å². The van der Waals surface area contributed by atoms with Crippen molar-refractivity contribution in [2.45, 2.75) is 45.6 Å². The minimum atomic E-state index is -0.536. The lowest BCUT2D eigenvalue weighted by atomic mass is 9.73. The van der Waals surface area contributed by atoms with E-state index in [1.54, 1.807) is 17.0 Å². The van der Waals surface area contributed by atoms with Gasteiger partial charge < -0.3 is 20.9 Å². The number of carbonyl (C=O) groups is 3. The van der Waals surface area contributed by atoms with Gasteiger partial charge in [0, 0.05) is 36.7 Å². The number of likely N-dealkylation sites (tertiary alicyclic amines) is 1. The maximum Gasteiger partial charge on any atom is 0.242 e. The summed E-state index contributed by atoms with van der Waals surface area (Å²) in [6, 6.07) is 12.7. The molecule has 7 nitrogen and oxygen atoms in total. The van der Waals surface area contributed by atoms with Gasteiger partial charge in [-0.05, 0) is 54.5 Å². The molecule has 2 aliphatic heterocycles. The molecule has 0 saturated carbocycles. The lowest BCUT2D eigenvalue weighted by Crippen LogP contribution is -2.47. The maximum atomic E-state index is 13.8. The second-order valence-electron chi connectivity index (χ2n) is 11.2. The number of allylic oxidation sites excluding steroid dienone is 1. The molecule has 200 valence electrons. The summed E-state index contributed by atoms with van der Waals surface area (Å²) in [4.78, 5) is 42.9. The molecule has 0 aromatic heterocycles. The van der Waals surface area contributed by atoms with Crippen LogP contribution in [0.3, 0.4) is 0 Å². The first-order chi connectivity index (χ1) is 18.0. The minimum absolute atomic E-state index is 0.0485. The monoisotopic (exact) mass is 554 g/mol. The highest BCUT2D eigenvalue weighted by Gasteiger charge is 2.42. The number of para-hydroxylation sites is 2. The topological polar surface area (TPSA) is 95.7 Å². The summed E-state index contributed by atoms with van der Waals surface area (Å²) in [5, 5.41) is 4.37. The van der Waals surface area contributed by atoms with E-state index in [1.807, 2.05) is 35.2 Å². The Kier molecular flexibility index (Phi) is 7.18. The van der Waals surface area contributed by atoms with E-state index in [0.29, 0.717) is 54.4 Å². The molecule has 1 fully saturated rings. The van der Waals surface area contributed by atoms with E-state index in [1.165, 1.54) is 0 Å². The normalized spacial score (nSPS) is 21.4. The highest BCUT2D eigenvalue weighted by Crippen LogP contribution is 2.48. The Labute approximate surface area is 232 Å². The van der Waals surface area contributed by atoms with Crippen molar-refractivity contribution < 1.29 is 14.4 Å². The van der Waals surface area contributed by atoms with Gasteiger partial charge in [-0.3, -0.25) is 14.4 Å². The van der Waals surface area contributed by atoms with Crippen molar-refractivity contribution in [3.8, 4) is 0 Å². The van der Waals surface area contributed by atoms with Gasteiger partial charge in [0.05, 0.1) is 34.0 Å². The molecule has 38 heavy (non-hydrogen) atoms. The van der Waals surface area contributed by atoms with E-state index >= 15 is 0 Å². The molecule has 2 aromatic rings. The van der Waals surface area contributed by atoms with Crippen LogP contribution in [-0.4, -0.2) is 42.1 Å². The number of carbonyl (C=O) groups excluding carboxylic acids is 3. The Morgan fingerprint density at radius 2 is 1.76 bits per heavy atom. The zero-order valence-corrected chi connectivity index (χ0v) is 23.1. The van der Waals surface area contributed by atoms with Crippen LogP contribution < -0.4 is 16.0 Å². The van der Waals surface area contributed by atoms with Crippen molar-refractivity contribution in [1.82, 2.24) is 4.90 Å². The number of piperidine rings is 1. The van der Waals surface area contributed by atoms with Gasteiger partial charge in [0.1, 0.15) is 0 Å². The largest absolute Gasteiger partial charge is 0.369 e. The van der Waals surface area contributed by atoms with Crippen molar-refractivity contribution in [3.63, 3.8) is 0 Å². The first-order valence-corrected chi connectivity index (χ1v) is 13.7. The Balaban J connectivity index is 1.60. The number of nitrogens with two attached hydrogens (primary N) is 1. The molecule has 2 amide bonds. The summed E-state index contributed by atoms with van der Waals surface area (Å²) in [6.45, 7) is 5.19. The van der Waals surface area contributed by atoms with E-state index in [2.05, 4.69) is 19.2 Å². The molecule has 1 aliphatic carbocycles. The van der Waals surface area contributed by atoms with E-state index in [-0.39, 0.29) is 35.5 Å². The zero-order chi connectivity index (χ0) is 27.2. The number of Topliss-reactive ketones (excluding diaryl/α,β-unsaturated/α-hetero) is 1. The summed E-state index contributed by atoms with van der Waals surface area (Å²) >= 11 is 12.7. The molecular formula is C29H32Cl2N4O3. The van der Waals surface area contributed by atoms with Gasteiger partial charge in [-0.1, -0.05) is 55.2 Å². The standard InChI is InChI=1S/C29H32Cl2N4O3/c1-29(2)14-22-26(24(36)15-29)27(18-7-8-19(30)20(31)13-18)35(23-6-4-3-5-21(23)33-22)16-25(37)34-11-9-17(10-12-34)28(32)38/h3-8,13,17,27,33H,9-12,14-16H2,1-2H3,(H2,32,38). The number of halogens is 2. The molecule has 0 spiro atoms. The first-order valence-electron chi connectivity index (χ1n) is 12.9. The smallest absolute Gasteiger partial charge is 0.242 e. The summed E-state index contributed by atoms with van der Waals surface area (Å²) in [5.74, 6) is -0.544. The number of fused-ring (bicyclic) bond motifs is 1. The van der Waals surface area contributed by atoms with E-state index in [0.717, 1.165) is 22.6 Å². The number of hydrogen-bond acceptors (Lipinski definition) is 5. The second-order valence-corrected chi connectivity index (χ2v) is 12.1. The third-order valence-corrected chi connectivity index (χ3v) is 8.56. The Hall–Kier alpha value is -3.03. The molecule has 0 bridgehead atoms. The van der Waals surface area contributed by atoms with Crippen molar-refractivity contribution >= 4 is 52.2 Å². The predicted octanol–water partition coefficient (Wildman–Crippen LogP) is 5.33. The van der Waals surface area contributed by atoms with Gasteiger partial charge in [0.25, 0.3) is 0 Å². The average molecular weight is 556 g/mol. The average Bonchev–Trinajstić information content (AvgIpc) is 2.99. The van der Waals surface area contributed by atoms with Crippen LogP contribution in [0.25, 0.3) is 0 Å². The molecule has 1 saturated heterocycles. The fraction of sp³-hybridized carbons (Fsp3) is 0.414. The number of anilines is 2. The predicted molar refractivity (Wildman–Crippen MR) is 150 cm³/mol. The van der Waals surface area contributed by atoms with Gasteiger partial charge in [-0.2, -0.15) is 0 Å². The highest BCUT2D eigenvalue weighted by atomic mass is 35.5. The van der Waals surface area contributed by atoms with Gasteiger partial charge in [0.2, 0.25) is 11.8 Å². The summed E-state index contributed by atoms with van der Waals surface area (Å²) in [5.41, 5.74) is 9.27. The molecule has 1 atom stereocenters. The summed E-state index contributed by atoms with van der Waals surface area (Å²) in [7, 11) is 0. The van der Waals surface area contributed by atoms with Crippen LogP contribution in [0.1, 0.15) is 51.1 Å². The number of nitrogens with one attached hydrogen (secondary N) is 1. The minimum Gasteiger partial charge on any atom is -0.369 e. The Morgan fingerprint density at radius 1 is 1.05 bits per heavy atom. The van der Waals surface area contributed by atoms with Crippen LogP contribution >= 0.6 is 23.2 Å². The van der Waals surface area contributed by atoms with Crippen molar-refractivity contribution in [1.29, 1.82) is 0 Å². The lowest BCUT2D eigenvalue weighted by Gasteiger charge is -2.39. The lowest BCUT2D eigenvalue weighted by molar-refractivity contribution is -0.133. The number of benzene rings is 2. The van der Waals surface area contributed by atoms with Crippen molar-refractivity contribution in [2.75, 3.05) is 29.9 Å². The van der Waals surface area contributed by atoms with Gasteiger partial charge >= 0.3 is 0 Å². The molecule has 3 N–H and O–H groups in total. The quantitative estimate of drug-likeness (QED) is 0.532. The molecule has 9 heteroatoms. The molecule has 0 radical (unpaired) electrons. The third-order valence-electron chi connectivity index (χ3n) is 7.82. The van der Waals surface area contributed by atoms with Crippen molar-refractivity contribution in [2.24, 2.45) is 17.1 Å². The number of hydrogen-bond donors (Lipinski definition) is 2. The molecule has 2 heterocycles. The van der Waals surface area contributed by atoms with Crippen LogP contribution in [0.15, 0.2) is 53.7 Å². The fourth-order valence-corrected chi connectivity index (χ4v) is 6.22. The number of ketones is 1. The summed E-state index contributed by atoms with van der Waals surface area (Å²) < 4.78 is 0. The Morgan fingerprint density at radius 3 is 2.45 bits per heavy atom. The van der Waals surface area contributed by atoms with E-state index in [4.69, 9.17) is 28.9 Å². The second kappa shape index (κ2) is 10.3. The van der Waals surface area contributed by atoms with Crippen molar-refractivity contribution in [3.05, 3.63) is 69.3 Å². The Bertz CT molecular complexity index is 1330. The van der Waals surface area contributed by atoms with E-state index in [9.17, 15) is 14.4 Å². The third kappa shape index (κ3) is 5.14. The SMILES string of the molecule is CC1(C)CC(=O)C2=C(C1)Nc1ccccc1N(CC(=O)N1CCC(C(N)=O)CC1)C2c1ccc(Cl)c(Cl)c1. The maximum absolute atomic E-state index is 13.8. The van der Waals surface area contributed by atoms with Crippen LogP contribution in [0.5, 0.6) is 0 Å². The highest BCUT2D eigenvalue weighted by molar-refractivity contribution is 6.42.